The summed E-state index contributed by atoms with van der Waals surface area (Å²) in [7, 11) is 0. The smallest absolute Gasteiger partial charge is 0.181 e. The van der Waals surface area contributed by atoms with Crippen molar-refractivity contribution >= 4 is 16.6 Å². The number of nitrogens with two attached hydrogens (primary N) is 1. The van der Waals surface area contributed by atoms with Gasteiger partial charge in [-0.3, -0.25) is 9.78 Å². The van der Waals surface area contributed by atoms with Crippen molar-refractivity contribution in [1.82, 2.24) is 4.98 Å². The average Bonchev–Trinajstić information content (AvgIpc) is 2.37. The lowest BCUT2D eigenvalue weighted by Gasteiger charge is -2.09. The first-order chi connectivity index (χ1) is 8.24. The maximum Gasteiger partial charge on any atom is 0.181 e. The molecule has 0 amide bonds. The van der Waals surface area contributed by atoms with Gasteiger partial charge in [0.2, 0.25) is 0 Å². The second-order valence-corrected chi connectivity index (χ2v) is 3.78. The van der Waals surface area contributed by atoms with Gasteiger partial charge >= 0.3 is 0 Å². The normalized spacial score (nSPS) is 12.0. The van der Waals surface area contributed by atoms with Crippen molar-refractivity contribution in [3.05, 3.63) is 42.2 Å². The van der Waals surface area contributed by atoms with Crippen molar-refractivity contribution in [1.29, 1.82) is 0 Å². The number of nitrogens with zero attached hydrogens (tertiary/aromatic N) is 1. The van der Waals surface area contributed by atoms with E-state index >= 15 is 0 Å². The van der Waals surface area contributed by atoms with Gasteiger partial charge in [-0.15, -0.1) is 12.3 Å². The van der Waals surface area contributed by atoms with Crippen molar-refractivity contribution in [2.75, 3.05) is 0 Å². The molecule has 2 rings (SSSR count). The van der Waals surface area contributed by atoms with E-state index in [0.717, 1.165) is 10.8 Å². The Hall–Kier alpha value is -2.18. The summed E-state index contributed by atoms with van der Waals surface area (Å²) >= 11 is 0. The Kier molecular flexibility index (Phi) is 3.17. The Balaban J connectivity index is 2.49. The second kappa shape index (κ2) is 4.77. The summed E-state index contributed by atoms with van der Waals surface area (Å²) in [5, 5.41) is 1.78. The Morgan fingerprint density at radius 2 is 2.29 bits per heavy atom. The van der Waals surface area contributed by atoms with E-state index in [1.807, 2.05) is 18.2 Å². The molecular weight excluding hydrogens is 212 g/mol. The minimum Gasteiger partial charge on any atom is -0.320 e. The highest BCUT2D eigenvalue weighted by molar-refractivity contribution is 6.10. The number of carbonyl (C=O) groups excluding carboxylic acids is 1. The van der Waals surface area contributed by atoms with Crippen LogP contribution >= 0.6 is 0 Å². The first-order valence-electron chi connectivity index (χ1n) is 5.30. The quantitative estimate of drug-likeness (QED) is 0.638. The number of hydrogen-bond acceptors (Lipinski definition) is 3. The van der Waals surface area contributed by atoms with Crippen LogP contribution in [0.3, 0.4) is 0 Å². The molecule has 1 aromatic carbocycles. The standard InChI is InChI=1S/C14H12N2O/c1-2-4-13(15)14(17)12-6-3-5-10-9-16-8-7-11(10)12/h1,3,5-9,13H,4,15H2. The number of rotatable bonds is 3. The lowest BCUT2D eigenvalue weighted by atomic mass is 9.98. The molecule has 0 bridgehead atoms. The zero-order valence-electron chi connectivity index (χ0n) is 9.26. The molecule has 0 aliphatic heterocycles. The summed E-state index contributed by atoms with van der Waals surface area (Å²) < 4.78 is 0. The van der Waals surface area contributed by atoms with Gasteiger partial charge in [-0.2, -0.15) is 0 Å². The van der Waals surface area contributed by atoms with Gasteiger partial charge in [0.1, 0.15) is 0 Å². The van der Waals surface area contributed by atoms with Gasteiger partial charge in [-0.25, -0.2) is 0 Å². The maximum absolute atomic E-state index is 12.1. The Bertz CT molecular complexity index is 593. The molecule has 0 spiro atoms. The fourth-order valence-corrected chi connectivity index (χ4v) is 1.76. The highest BCUT2D eigenvalue weighted by atomic mass is 16.1. The van der Waals surface area contributed by atoms with E-state index in [1.165, 1.54) is 0 Å². The zero-order chi connectivity index (χ0) is 12.3. The molecule has 3 nitrogen and oxygen atoms in total. The van der Waals surface area contributed by atoms with E-state index in [-0.39, 0.29) is 12.2 Å². The molecule has 2 aromatic rings. The molecule has 2 N–H and O–H groups in total. The number of fused-ring (bicyclic) bond motifs is 1. The molecule has 0 aliphatic rings. The Morgan fingerprint density at radius 3 is 3.06 bits per heavy atom. The van der Waals surface area contributed by atoms with Crippen LogP contribution in [-0.4, -0.2) is 16.8 Å². The first-order valence-corrected chi connectivity index (χ1v) is 5.30. The van der Waals surface area contributed by atoms with Gasteiger partial charge in [0.15, 0.2) is 5.78 Å². The molecule has 0 saturated heterocycles. The lowest BCUT2D eigenvalue weighted by molar-refractivity contribution is 0.0964. The van der Waals surface area contributed by atoms with Gasteiger partial charge in [0.05, 0.1) is 6.04 Å². The maximum atomic E-state index is 12.1. The Morgan fingerprint density at radius 1 is 1.47 bits per heavy atom. The van der Waals surface area contributed by atoms with E-state index in [9.17, 15) is 4.79 Å². The summed E-state index contributed by atoms with van der Waals surface area (Å²) in [6.45, 7) is 0. The summed E-state index contributed by atoms with van der Waals surface area (Å²) in [5.41, 5.74) is 6.35. The van der Waals surface area contributed by atoms with Crippen LogP contribution in [0.1, 0.15) is 16.8 Å². The lowest BCUT2D eigenvalue weighted by Crippen LogP contribution is -2.30. The Labute approximate surface area is 99.7 Å². The minimum absolute atomic E-state index is 0.125. The van der Waals surface area contributed by atoms with Gasteiger partial charge in [-0.05, 0) is 11.5 Å². The third-order valence-electron chi connectivity index (χ3n) is 2.62. The summed E-state index contributed by atoms with van der Waals surface area (Å²) in [6, 6.07) is 6.66. The molecular formula is C14H12N2O. The summed E-state index contributed by atoms with van der Waals surface area (Å²) in [5.74, 6) is 2.28. The number of ketones is 1. The molecule has 0 radical (unpaired) electrons. The van der Waals surface area contributed by atoms with E-state index in [2.05, 4.69) is 10.9 Å². The van der Waals surface area contributed by atoms with Crippen LogP contribution < -0.4 is 5.73 Å². The summed E-state index contributed by atoms with van der Waals surface area (Å²) in [6.07, 6.45) is 8.80. The van der Waals surface area contributed by atoms with Crippen LogP contribution in [0.25, 0.3) is 10.8 Å². The van der Waals surface area contributed by atoms with Crippen LogP contribution in [0.2, 0.25) is 0 Å². The molecule has 3 heteroatoms. The van der Waals surface area contributed by atoms with Crippen molar-refractivity contribution in [3.63, 3.8) is 0 Å². The number of pyridine rings is 1. The van der Waals surface area contributed by atoms with Gasteiger partial charge < -0.3 is 5.73 Å². The van der Waals surface area contributed by atoms with E-state index in [4.69, 9.17) is 12.2 Å². The predicted octanol–water partition coefficient (Wildman–Crippen LogP) is 1.77. The van der Waals surface area contributed by atoms with Crippen LogP contribution in [0.4, 0.5) is 0 Å². The number of terminal acetylenes is 1. The number of hydrogen-bond donors (Lipinski definition) is 1. The molecule has 1 aromatic heterocycles. The minimum atomic E-state index is -0.640. The monoisotopic (exact) mass is 224 g/mol. The van der Waals surface area contributed by atoms with Crippen molar-refractivity contribution < 1.29 is 4.79 Å². The summed E-state index contributed by atoms with van der Waals surface area (Å²) in [4.78, 5) is 16.1. The molecule has 1 heterocycles. The highest BCUT2D eigenvalue weighted by Crippen LogP contribution is 2.19. The van der Waals surface area contributed by atoms with Crippen molar-refractivity contribution in [2.24, 2.45) is 5.73 Å². The number of aromatic nitrogens is 1. The third-order valence-corrected chi connectivity index (χ3v) is 2.62. The SMILES string of the molecule is C#CCC(N)C(=O)c1cccc2cnccc12. The number of Topliss-reactive ketones (excluding diaryl/α,β-unsaturated/α-hetero) is 1. The van der Waals surface area contributed by atoms with Crippen molar-refractivity contribution in [3.8, 4) is 12.3 Å². The number of carbonyl (C=O) groups is 1. The van der Waals surface area contributed by atoms with E-state index in [0.29, 0.717) is 5.56 Å². The predicted molar refractivity (Wildman–Crippen MR) is 67.5 cm³/mol. The molecule has 0 aliphatic carbocycles. The highest BCUT2D eigenvalue weighted by Gasteiger charge is 2.16. The fraction of sp³-hybridized carbons (Fsp3) is 0.143. The topological polar surface area (TPSA) is 56.0 Å². The zero-order valence-corrected chi connectivity index (χ0v) is 9.26. The molecule has 0 fully saturated rings. The average molecular weight is 224 g/mol. The van der Waals surface area contributed by atoms with Crippen molar-refractivity contribution in [2.45, 2.75) is 12.5 Å². The van der Waals surface area contributed by atoms with E-state index < -0.39 is 6.04 Å². The van der Waals surface area contributed by atoms with Crippen LogP contribution in [0, 0.1) is 12.3 Å². The number of benzene rings is 1. The van der Waals surface area contributed by atoms with Gasteiger partial charge in [-0.1, -0.05) is 18.2 Å². The van der Waals surface area contributed by atoms with Crippen LogP contribution in [0.15, 0.2) is 36.7 Å². The molecule has 0 saturated carbocycles. The van der Waals surface area contributed by atoms with Gasteiger partial charge in [0.25, 0.3) is 0 Å². The van der Waals surface area contributed by atoms with Gasteiger partial charge in [0, 0.05) is 29.8 Å². The third kappa shape index (κ3) is 2.17. The first kappa shape index (κ1) is 11.3. The fourth-order valence-electron chi connectivity index (χ4n) is 1.76. The molecule has 17 heavy (non-hydrogen) atoms. The van der Waals surface area contributed by atoms with Crippen LogP contribution in [-0.2, 0) is 0 Å². The van der Waals surface area contributed by atoms with E-state index in [1.54, 1.807) is 18.5 Å². The second-order valence-electron chi connectivity index (χ2n) is 3.78. The molecule has 84 valence electrons. The molecule has 1 unspecified atom stereocenters. The molecule has 1 atom stereocenters. The van der Waals surface area contributed by atoms with Crippen LogP contribution in [0.5, 0.6) is 0 Å². The largest absolute Gasteiger partial charge is 0.320 e.